The second-order valence-corrected chi connectivity index (χ2v) is 7.41. The zero-order valence-corrected chi connectivity index (χ0v) is 14.9. The Morgan fingerprint density at radius 1 is 1.04 bits per heavy atom. The van der Waals surface area contributed by atoms with Crippen LogP contribution in [0.15, 0.2) is 59.5 Å². The molecule has 0 saturated heterocycles. The van der Waals surface area contributed by atoms with Crippen molar-refractivity contribution in [2.24, 2.45) is 0 Å². The number of aromatic nitrogens is 1. The summed E-state index contributed by atoms with van der Waals surface area (Å²) >= 11 is 0. The summed E-state index contributed by atoms with van der Waals surface area (Å²) < 4.78 is 24.7. The second kappa shape index (κ2) is 7.14. The van der Waals surface area contributed by atoms with Crippen LogP contribution in [0.25, 0.3) is 10.9 Å². The maximum atomic E-state index is 12.3. The number of sulfonamides is 1. The Balaban J connectivity index is 1.79. The van der Waals surface area contributed by atoms with Gasteiger partial charge >= 0.3 is 5.97 Å². The molecule has 0 radical (unpaired) electrons. The summed E-state index contributed by atoms with van der Waals surface area (Å²) in [7, 11) is -4.15. The predicted molar refractivity (Wildman–Crippen MR) is 97.7 cm³/mol. The molecule has 0 aliphatic rings. The summed E-state index contributed by atoms with van der Waals surface area (Å²) in [5.74, 6) is -1.98. The van der Waals surface area contributed by atoms with Crippen LogP contribution in [0.5, 0.6) is 0 Å². The maximum Gasteiger partial charge on any atom is 0.335 e. The Bertz CT molecular complexity index is 1160. The van der Waals surface area contributed by atoms with Crippen LogP contribution in [0, 0.1) is 6.92 Å². The summed E-state index contributed by atoms with van der Waals surface area (Å²) in [5.41, 5.74) is 2.99. The molecule has 138 valence electrons. The van der Waals surface area contributed by atoms with E-state index < -0.39 is 21.9 Å². The molecule has 1 heterocycles. The van der Waals surface area contributed by atoms with Crippen LogP contribution in [0.4, 0.5) is 0 Å². The van der Waals surface area contributed by atoms with Crippen molar-refractivity contribution < 1.29 is 23.1 Å². The first-order valence-corrected chi connectivity index (χ1v) is 9.28. The van der Waals surface area contributed by atoms with Gasteiger partial charge in [-0.2, -0.15) is 0 Å². The van der Waals surface area contributed by atoms with Gasteiger partial charge in [0.15, 0.2) is 0 Å². The fraction of sp³-hybridized carbons (Fsp3) is 0.0556. The third-order valence-electron chi connectivity index (χ3n) is 3.88. The zero-order valence-electron chi connectivity index (χ0n) is 14.1. The Labute approximate surface area is 154 Å². The van der Waals surface area contributed by atoms with Crippen LogP contribution in [-0.4, -0.2) is 30.4 Å². The third-order valence-corrected chi connectivity index (χ3v) is 5.13. The van der Waals surface area contributed by atoms with Gasteiger partial charge in [-0.05, 0) is 36.8 Å². The number of nitrogens with one attached hydrogen (secondary N) is 2. The number of nitrogens with zero attached hydrogens (tertiary/aromatic N) is 1. The van der Waals surface area contributed by atoms with Gasteiger partial charge in [0.1, 0.15) is 5.69 Å². The molecule has 2 aromatic carbocycles. The van der Waals surface area contributed by atoms with Crippen molar-refractivity contribution in [2.45, 2.75) is 11.8 Å². The number of carboxylic acids is 1. The average molecular weight is 385 g/mol. The number of hydrogen-bond donors (Lipinski definition) is 3. The van der Waals surface area contributed by atoms with Crippen molar-refractivity contribution in [3.8, 4) is 0 Å². The van der Waals surface area contributed by atoms with Crippen LogP contribution in [0.1, 0.15) is 26.4 Å². The first-order chi connectivity index (χ1) is 12.8. The highest BCUT2D eigenvalue weighted by Gasteiger charge is 2.19. The lowest BCUT2D eigenvalue weighted by Crippen LogP contribution is -2.41. The highest BCUT2D eigenvalue weighted by molar-refractivity contribution is 7.89. The molecule has 0 fully saturated rings. The van der Waals surface area contributed by atoms with Crippen molar-refractivity contribution in [2.75, 3.05) is 0 Å². The van der Waals surface area contributed by atoms with Crippen LogP contribution in [0.3, 0.4) is 0 Å². The number of carboxylic acid groups (broad SMARTS) is 1. The van der Waals surface area contributed by atoms with E-state index in [4.69, 9.17) is 5.11 Å². The Morgan fingerprint density at radius 2 is 1.78 bits per heavy atom. The fourth-order valence-corrected chi connectivity index (χ4v) is 3.29. The largest absolute Gasteiger partial charge is 0.478 e. The van der Waals surface area contributed by atoms with Crippen molar-refractivity contribution >= 4 is 32.8 Å². The SMILES string of the molecule is Cc1ccc(S(=O)(=O)NNC(=O)c2ccc3ccccc3n2)cc1C(=O)O. The molecule has 0 atom stereocenters. The minimum Gasteiger partial charge on any atom is -0.478 e. The lowest BCUT2D eigenvalue weighted by molar-refractivity contribution is 0.0695. The van der Waals surface area contributed by atoms with E-state index in [9.17, 15) is 18.0 Å². The van der Waals surface area contributed by atoms with Crippen LogP contribution in [0.2, 0.25) is 0 Å². The molecule has 3 aromatic rings. The number of rotatable bonds is 5. The number of hydrazine groups is 1. The fourth-order valence-electron chi connectivity index (χ4n) is 2.43. The van der Waals surface area contributed by atoms with E-state index in [0.717, 1.165) is 11.5 Å². The van der Waals surface area contributed by atoms with Crippen LogP contribution in [-0.2, 0) is 10.0 Å². The number of aromatic carboxylic acids is 1. The topological polar surface area (TPSA) is 125 Å². The zero-order chi connectivity index (χ0) is 19.6. The quantitative estimate of drug-likeness (QED) is 0.576. The molecule has 9 heteroatoms. The monoisotopic (exact) mass is 385 g/mol. The number of amides is 1. The molecular formula is C18H15N3O5S. The molecular weight excluding hydrogens is 370 g/mol. The number of carbonyl (C=O) groups excluding carboxylic acids is 1. The molecule has 0 aliphatic heterocycles. The first-order valence-electron chi connectivity index (χ1n) is 7.80. The minimum atomic E-state index is -4.15. The average Bonchev–Trinajstić information content (AvgIpc) is 2.65. The van der Waals surface area contributed by atoms with E-state index in [2.05, 4.69) is 10.4 Å². The molecule has 1 amide bonds. The van der Waals surface area contributed by atoms with E-state index in [-0.39, 0.29) is 16.2 Å². The summed E-state index contributed by atoms with van der Waals surface area (Å²) in [6.45, 7) is 1.56. The molecule has 1 aromatic heterocycles. The standard InChI is InChI=1S/C18H15N3O5S/c1-11-6-8-13(10-14(11)18(23)24)27(25,26)21-20-17(22)16-9-7-12-4-2-3-5-15(12)19-16/h2-10,21H,1H3,(H,20,22)(H,23,24). The minimum absolute atomic E-state index is 0.0338. The van der Waals surface area contributed by atoms with Gasteiger partial charge in [-0.15, -0.1) is 4.83 Å². The van der Waals surface area contributed by atoms with Crippen LogP contribution < -0.4 is 10.3 Å². The van der Waals surface area contributed by atoms with E-state index in [1.807, 2.05) is 17.0 Å². The highest BCUT2D eigenvalue weighted by atomic mass is 32.2. The van der Waals surface area contributed by atoms with Gasteiger partial charge in [-0.3, -0.25) is 10.2 Å². The van der Waals surface area contributed by atoms with Gasteiger partial charge in [0, 0.05) is 5.39 Å². The normalized spacial score (nSPS) is 11.3. The van der Waals surface area contributed by atoms with E-state index >= 15 is 0 Å². The first kappa shape index (κ1) is 18.5. The number of fused-ring (bicyclic) bond motifs is 1. The Hall–Kier alpha value is -3.30. The number of para-hydroxylation sites is 1. The molecule has 0 aliphatic carbocycles. The van der Waals surface area contributed by atoms with Crippen molar-refractivity contribution in [1.29, 1.82) is 0 Å². The van der Waals surface area contributed by atoms with Gasteiger partial charge in [-0.1, -0.05) is 30.3 Å². The molecule has 0 spiro atoms. The second-order valence-electron chi connectivity index (χ2n) is 5.73. The third kappa shape index (κ3) is 3.94. The van der Waals surface area contributed by atoms with Gasteiger partial charge in [0.25, 0.3) is 15.9 Å². The lowest BCUT2D eigenvalue weighted by Gasteiger charge is -2.10. The Kier molecular flexibility index (Phi) is 4.89. The van der Waals surface area contributed by atoms with Gasteiger partial charge in [0.2, 0.25) is 0 Å². The van der Waals surface area contributed by atoms with Crippen LogP contribution >= 0.6 is 0 Å². The van der Waals surface area contributed by atoms with E-state index in [1.165, 1.54) is 18.2 Å². The molecule has 3 N–H and O–H groups in total. The molecule has 0 unspecified atom stereocenters. The lowest BCUT2D eigenvalue weighted by atomic mass is 10.1. The molecule has 3 rings (SSSR count). The van der Waals surface area contributed by atoms with Gasteiger partial charge in [0.05, 0.1) is 16.0 Å². The number of pyridine rings is 1. The van der Waals surface area contributed by atoms with E-state index in [1.54, 1.807) is 25.1 Å². The van der Waals surface area contributed by atoms with Gasteiger partial charge < -0.3 is 5.11 Å². The summed E-state index contributed by atoms with van der Waals surface area (Å²) in [5, 5.41) is 9.96. The van der Waals surface area contributed by atoms with E-state index in [0.29, 0.717) is 11.1 Å². The number of hydrogen-bond acceptors (Lipinski definition) is 5. The molecule has 27 heavy (non-hydrogen) atoms. The molecule has 8 nitrogen and oxygen atoms in total. The van der Waals surface area contributed by atoms with Crippen molar-refractivity contribution in [3.05, 3.63) is 71.4 Å². The summed E-state index contributed by atoms with van der Waals surface area (Å²) in [6, 6.07) is 14.0. The summed E-state index contributed by atoms with van der Waals surface area (Å²) in [4.78, 5) is 29.2. The van der Waals surface area contributed by atoms with Gasteiger partial charge in [-0.25, -0.2) is 18.2 Å². The number of aryl methyl sites for hydroxylation is 1. The number of benzene rings is 2. The maximum absolute atomic E-state index is 12.3. The number of carbonyl (C=O) groups is 2. The Morgan fingerprint density at radius 3 is 2.52 bits per heavy atom. The van der Waals surface area contributed by atoms with Crippen molar-refractivity contribution in [1.82, 2.24) is 15.2 Å². The highest BCUT2D eigenvalue weighted by Crippen LogP contribution is 2.15. The van der Waals surface area contributed by atoms with Crippen molar-refractivity contribution in [3.63, 3.8) is 0 Å². The smallest absolute Gasteiger partial charge is 0.335 e. The predicted octanol–water partition coefficient (Wildman–Crippen LogP) is 1.86. The molecule has 0 bridgehead atoms. The summed E-state index contributed by atoms with van der Waals surface area (Å²) in [6.07, 6.45) is 0. The molecule has 0 saturated carbocycles.